The zero-order chi connectivity index (χ0) is 18.4. The standard InChI is InChI=1S/C17H16F2N2O4S/c1-2-22-14-7-11(3-4-13(14)24-17(18)19)8-15-20-16(25-21-15)9-23-12-5-6-26-10-12/h3-7,10,17H,2,8-9H2,1H3. The molecule has 26 heavy (non-hydrogen) atoms. The molecule has 138 valence electrons. The maximum Gasteiger partial charge on any atom is 0.387 e. The average Bonchev–Trinajstić information content (AvgIpc) is 3.27. The minimum atomic E-state index is -2.91. The first-order valence-electron chi connectivity index (χ1n) is 7.81. The lowest BCUT2D eigenvalue weighted by Gasteiger charge is -2.12. The van der Waals surface area contributed by atoms with Gasteiger partial charge >= 0.3 is 6.61 Å². The van der Waals surface area contributed by atoms with E-state index in [1.807, 2.05) is 16.8 Å². The third kappa shape index (κ3) is 4.92. The first-order valence-corrected chi connectivity index (χ1v) is 8.75. The fourth-order valence-corrected chi connectivity index (χ4v) is 2.78. The number of benzene rings is 1. The highest BCUT2D eigenvalue weighted by Crippen LogP contribution is 2.30. The Morgan fingerprint density at radius 3 is 2.81 bits per heavy atom. The summed E-state index contributed by atoms with van der Waals surface area (Å²) in [7, 11) is 0. The molecule has 0 N–H and O–H groups in total. The summed E-state index contributed by atoms with van der Waals surface area (Å²) in [6.07, 6.45) is 0.358. The molecular formula is C17H16F2N2O4S. The zero-order valence-electron chi connectivity index (χ0n) is 13.9. The van der Waals surface area contributed by atoms with Crippen LogP contribution in [0.3, 0.4) is 0 Å². The normalized spacial score (nSPS) is 10.9. The molecule has 0 aliphatic carbocycles. The van der Waals surface area contributed by atoms with E-state index in [0.29, 0.717) is 24.7 Å². The van der Waals surface area contributed by atoms with E-state index in [4.69, 9.17) is 14.0 Å². The zero-order valence-corrected chi connectivity index (χ0v) is 14.7. The number of nitrogens with zero attached hydrogens (tertiary/aromatic N) is 2. The number of alkyl halides is 2. The van der Waals surface area contributed by atoms with Crippen LogP contribution in [0.25, 0.3) is 0 Å². The topological polar surface area (TPSA) is 66.6 Å². The Labute approximate surface area is 152 Å². The highest BCUT2D eigenvalue weighted by atomic mass is 32.1. The van der Waals surface area contributed by atoms with Crippen molar-refractivity contribution in [3.63, 3.8) is 0 Å². The average molecular weight is 382 g/mol. The number of ether oxygens (including phenoxy) is 3. The van der Waals surface area contributed by atoms with Crippen LogP contribution in [-0.4, -0.2) is 23.4 Å². The molecule has 0 bridgehead atoms. The van der Waals surface area contributed by atoms with Gasteiger partial charge in [-0.3, -0.25) is 0 Å². The Bertz CT molecular complexity index is 824. The van der Waals surface area contributed by atoms with Gasteiger partial charge < -0.3 is 18.7 Å². The van der Waals surface area contributed by atoms with Crippen LogP contribution < -0.4 is 14.2 Å². The number of aromatic nitrogens is 2. The maximum atomic E-state index is 12.4. The Hall–Kier alpha value is -2.68. The molecule has 0 atom stereocenters. The second kappa shape index (κ2) is 8.61. The van der Waals surface area contributed by atoms with Gasteiger partial charge in [-0.25, -0.2) is 0 Å². The van der Waals surface area contributed by atoms with Gasteiger partial charge in [-0.05, 0) is 36.1 Å². The smallest absolute Gasteiger partial charge is 0.387 e. The van der Waals surface area contributed by atoms with Crippen molar-refractivity contribution in [3.8, 4) is 17.2 Å². The lowest BCUT2D eigenvalue weighted by atomic mass is 10.1. The predicted molar refractivity (Wildman–Crippen MR) is 90.0 cm³/mol. The molecule has 0 radical (unpaired) electrons. The Morgan fingerprint density at radius 2 is 2.08 bits per heavy atom. The van der Waals surface area contributed by atoms with E-state index in [1.165, 1.54) is 17.4 Å². The first-order chi connectivity index (χ1) is 12.6. The minimum Gasteiger partial charge on any atom is -0.490 e. The first kappa shape index (κ1) is 18.1. The number of halogens is 2. The van der Waals surface area contributed by atoms with E-state index >= 15 is 0 Å². The molecule has 3 aromatic rings. The number of hydrogen-bond acceptors (Lipinski definition) is 7. The summed E-state index contributed by atoms with van der Waals surface area (Å²) in [5.74, 6) is 1.79. The molecule has 0 saturated heterocycles. The minimum absolute atomic E-state index is 0.0106. The Kier molecular flexibility index (Phi) is 6.00. The van der Waals surface area contributed by atoms with Crippen molar-refractivity contribution >= 4 is 11.3 Å². The molecule has 2 aromatic heterocycles. The summed E-state index contributed by atoms with van der Waals surface area (Å²) < 4.78 is 45.4. The third-order valence-corrected chi connectivity index (χ3v) is 3.92. The van der Waals surface area contributed by atoms with Crippen LogP contribution in [-0.2, 0) is 13.0 Å². The van der Waals surface area contributed by atoms with Crippen molar-refractivity contribution in [2.75, 3.05) is 6.61 Å². The summed E-state index contributed by atoms with van der Waals surface area (Å²) in [5, 5.41) is 7.68. The van der Waals surface area contributed by atoms with Crippen molar-refractivity contribution in [2.24, 2.45) is 0 Å². The molecule has 0 spiro atoms. The summed E-state index contributed by atoms with van der Waals surface area (Å²) >= 11 is 1.53. The molecule has 2 heterocycles. The van der Waals surface area contributed by atoms with Gasteiger partial charge in [-0.1, -0.05) is 11.2 Å². The summed E-state index contributed by atoms with van der Waals surface area (Å²) in [5.41, 5.74) is 0.779. The van der Waals surface area contributed by atoms with Gasteiger partial charge in [0.15, 0.2) is 23.9 Å². The second-order valence-electron chi connectivity index (χ2n) is 5.12. The maximum absolute atomic E-state index is 12.4. The molecule has 0 fully saturated rings. The third-order valence-electron chi connectivity index (χ3n) is 3.25. The van der Waals surface area contributed by atoms with Gasteiger partial charge in [-0.2, -0.15) is 13.8 Å². The largest absolute Gasteiger partial charge is 0.490 e. The monoisotopic (exact) mass is 382 g/mol. The highest BCUT2D eigenvalue weighted by molar-refractivity contribution is 7.08. The predicted octanol–water partition coefficient (Wildman–Crippen LogP) is 4.30. The van der Waals surface area contributed by atoms with E-state index in [1.54, 1.807) is 19.1 Å². The van der Waals surface area contributed by atoms with Crippen molar-refractivity contribution in [1.29, 1.82) is 0 Å². The van der Waals surface area contributed by atoms with Crippen LogP contribution in [0.15, 0.2) is 39.5 Å². The summed E-state index contributed by atoms with van der Waals surface area (Å²) in [4.78, 5) is 4.26. The van der Waals surface area contributed by atoms with E-state index in [0.717, 1.165) is 11.3 Å². The highest BCUT2D eigenvalue weighted by Gasteiger charge is 2.14. The van der Waals surface area contributed by atoms with E-state index in [9.17, 15) is 8.78 Å². The van der Waals surface area contributed by atoms with Gasteiger partial charge in [-0.15, -0.1) is 11.3 Å². The SMILES string of the molecule is CCOc1cc(Cc2noc(COc3ccsc3)n2)ccc1OC(F)F. The second-order valence-corrected chi connectivity index (χ2v) is 5.90. The molecular weight excluding hydrogens is 366 g/mol. The van der Waals surface area contributed by atoms with E-state index in [2.05, 4.69) is 14.9 Å². The molecule has 0 saturated carbocycles. The summed E-state index contributed by atoms with van der Waals surface area (Å²) in [6.45, 7) is -0.648. The lowest BCUT2D eigenvalue weighted by molar-refractivity contribution is -0.0514. The van der Waals surface area contributed by atoms with Gasteiger partial charge in [0.1, 0.15) is 5.75 Å². The van der Waals surface area contributed by atoms with Crippen molar-refractivity contribution in [2.45, 2.75) is 26.6 Å². The van der Waals surface area contributed by atoms with Crippen molar-refractivity contribution in [3.05, 3.63) is 52.3 Å². The van der Waals surface area contributed by atoms with E-state index < -0.39 is 6.61 Å². The molecule has 0 unspecified atom stereocenters. The van der Waals surface area contributed by atoms with Gasteiger partial charge in [0.2, 0.25) is 0 Å². The quantitative estimate of drug-likeness (QED) is 0.550. The van der Waals surface area contributed by atoms with Crippen LogP contribution in [0, 0.1) is 0 Å². The Balaban J connectivity index is 1.65. The molecule has 1 aromatic carbocycles. The molecule has 0 amide bonds. The fraction of sp³-hybridized carbons (Fsp3) is 0.294. The molecule has 6 nitrogen and oxygen atoms in total. The van der Waals surface area contributed by atoms with Crippen molar-refractivity contribution < 1.29 is 27.5 Å². The molecule has 9 heteroatoms. The van der Waals surface area contributed by atoms with E-state index in [-0.39, 0.29) is 18.1 Å². The van der Waals surface area contributed by atoms with Crippen LogP contribution in [0.2, 0.25) is 0 Å². The number of hydrogen-bond donors (Lipinski definition) is 0. The van der Waals surface area contributed by atoms with Crippen molar-refractivity contribution in [1.82, 2.24) is 10.1 Å². The van der Waals surface area contributed by atoms with Crippen LogP contribution in [0.4, 0.5) is 8.78 Å². The van der Waals surface area contributed by atoms with Crippen LogP contribution in [0.1, 0.15) is 24.2 Å². The van der Waals surface area contributed by atoms with Crippen LogP contribution >= 0.6 is 11.3 Å². The lowest BCUT2D eigenvalue weighted by Crippen LogP contribution is -2.05. The van der Waals surface area contributed by atoms with Gasteiger partial charge in [0.25, 0.3) is 5.89 Å². The number of thiophene rings is 1. The fourth-order valence-electron chi connectivity index (χ4n) is 2.21. The van der Waals surface area contributed by atoms with Crippen LogP contribution in [0.5, 0.6) is 17.2 Å². The molecule has 3 rings (SSSR count). The molecule has 0 aliphatic rings. The van der Waals surface area contributed by atoms with Gasteiger partial charge in [0.05, 0.1) is 6.61 Å². The summed E-state index contributed by atoms with van der Waals surface area (Å²) in [6, 6.07) is 6.56. The van der Waals surface area contributed by atoms with Gasteiger partial charge in [0, 0.05) is 11.8 Å². The Morgan fingerprint density at radius 1 is 1.19 bits per heavy atom. The number of rotatable bonds is 9. The molecule has 0 aliphatic heterocycles.